The molecule has 1 aliphatic rings. The van der Waals surface area contributed by atoms with Gasteiger partial charge in [-0.05, 0) is 31.6 Å². The topological polar surface area (TPSA) is 35.6 Å². The van der Waals surface area contributed by atoms with E-state index < -0.39 is 17.5 Å². The molecule has 1 atom stereocenters. The third-order valence-corrected chi connectivity index (χ3v) is 5.18. The van der Waals surface area contributed by atoms with E-state index in [1.54, 1.807) is 4.90 Å². The Bertz CT molecular complexity index is 575. The highest BCUT2D eigenvalue weighted by molar-refractivity contribution is 5.84. The van der Waals surface area contributed by atoms with Gasteiger partial charge in [0.2, 0.25) is 5.91 Å². The summed E-state index contributed by atoms with van der Waals surface area (Å²) in [5, 5.41) is 2.53. The SMILES string of the molecule is CCN(CC)CCNC(=O)C1(C(F)(F)F)CCN(Cc2ccccc2)C1. The first-order valence-electron chi connectivity index (χ1n) is 9.16. The molecule has 1 heterocycles. The summed E-state index contributed by atoms with van der Waals surface area (Å²) in [6, 6.07) is 9.37. The highest BCUT2D eigenvalue weighted by Gasteiger charge is 2.62. The summed E-state index contributed by atoms with van der Waals surface area (Å²) in [5.41, 5.74) is -1.36. The number of rotatable bonds is 8. The number of alkyl halides is 3. The Hall–Kier alpha value is -1.60. The van der Waals surface area contributed by atoms with E-state index in [2.05, 4.69) is 10.2 Å². The van der Waals surface area contributed by atoms with E-state index in [0.717, 1.165) is 18.7 Å². The van der Waals surface area contributed by atoms with Crippen LogP contribution in [-0.2, 0) is 11.3 Å². The molecular formula is C19H28F3N3O. The van der Waals surface area contributed by atoms with Gasteiger partial charge in [0.25, 0.3) is 0 Å². The average molecular weight is 371 g/mol. The van der Waals surface area contributed by atoms with E-state index in [1.807, 2.05) is 44.2 Å². The van der Waals surface area contributed by atoms with E-state index >= 15 is 0 Å². The van der Waals surface area contributed by atoms with Crippen molar-refractivity contribution in [2.24, 2.45) is 5.41 Å². The first-order chi connectivity index (χ1) is 12.3. The van der Waals surface area contributed by atoms with Crippen molar-refractivity contribution in [3.05, 3.63) is 35.9 Å². The number of hydrogen-bond donors (Lipinski definition) is 1. The van der Waals surface area contributed by atoms with Gasteiger partial charge in [-0.15, -0.1) is 0 Å². The van der Waals surface area contributed by atoms with Gasteiger partial charge < -0.3 is 10.2 Å². The zero-order valence-electron chi connectivity index (χ0n) is 15.5. The molecule has 0 radical (unpaired) electrons. The third-order valence-electron chi connectivity index (χ3n) is 5.18. The van der Waals surface area contributed by atoms with E-state index in [-0.39, 0.29) is 26.1 Å². The number of nitrogens with zero attached hydrogens (tertiary/aromatic N) is 2. The van der Waals surface area contributed by atoms with Crippen molar-refractivity contribution in [2.45, 2.75) is 33.0 Å². The minimum Gasteiger partial charge on any atom is -0.354 e. The van der Waals surface area contributed by atoms with Crippen LogP contribution in [0.3, 0.4) is 0 Å². The molecule has 1 fully saturated rings. The summed E-state index contributed by atoms with van der Waals surface area (Å²) in [6.07, 6.45) is -4.75. The lowest BCUT2D eigenvalue weighted by Crippen LogP contribution is -2.53. The molecule has 2 rings (SSSR count). The normalized spacial score (nSPS) is 21.3. The van der Waals surface area contributed by atoms with Gasteiger partial charge in [-0.25, -0.2) is 0 Å². The molecule has 0 saturated carbocycles. The zero-order valence-corrected chi connectivity index (χ0v) is 15.5. The number of hydrogen-bond acceptors (Lipinski definition) is 3. The molecule has 26 heavy (non-hydrogen) atoms. The second-order valence-electron chi connectivity index (χ2n) is 6.81. The molecule has 1 amide bonds. The van der Waals surface area contributed by atoms with Gasteiger partial charge in [0.15, 0.2) is 5.41 Å². The fourth-order valence-electron chi connectivity index (χ4n) is 3.45. The quantitative estimate of drug-likeness (QED) is 0.763. The van der Waals surface area contributed by atoms with Gasteiger partial charge in [-0.3, -0.25) is 9.69 Å². The highest BCUT2D eigenvalue weighted by atomic mass is 19.4. The summed E-state index contributed by atoms with van der Waals surface area (Å²) in [7, 11) is 0. The fourth-order valence-corrected chi connectivity index (χ4v) is 3.45. The largest absolute Gasteiger partial charge is 0.404 e. The van der Waals surface area contributed by atoms with Crippen molar-refractivity contribution >= 4 is 5.91 Å². The Labute approximate surface area is 153 Å². The summed E-state index contributed by atoms with van der Waals surface area (Å²) >= 11 is 0. The van der Waals surface area contributed by atoms with Crippen LogP contribution in [0.5, 0.6) is 0 Å². The number of halogens is 3. The van der Waals surface area contributed by atoms with Gasteiger partial charge in [0, 0.05) is 26.2 Å². The Morgan fingerprint density at radius 3 is 2.46 bits per heavy atom. The summed E-state index contributed by atoms with van der Waals surface area (Å²) in [6.45, 7) is 6.77. The van der Waals surface area contributed by atoms with Crippen molar-refractivity contribution in [2.75, 3.05) is 39.3 Å². The van der Waals surface area contributed by atoms with Crippen molar-refractivity contribution in [1.29, 1.82) is 0 Å². The lowest BCUT2D eigenvalue weighted by atomic mass is 9.85. The number of carbonyl (C=O) groups is 1. The van der Waals surface area contributed by atoms with Crippen LogP contribution < -0.4 is 5.32 Å². The number of carbonyl (C=O) groups excluding carboxylic acids is 1. The van der Waals surface area contributed by atoms with Crippen LogP contribution in [0.25, 0.3) is 0 Å². The predicted molar refractivity (Wildman–Crippen MR) is 95.6 cm³/mol. The number of benzene rings is 1. The standard InChI is InChI=1S/C19H28F3N3O/c1-3-24(4-2)13-11-23-17(26)18(19(20,21)22)10-12-25(15-18)14-16-8-6-5-7-9-16/h5-9H,3-4,10-15H2,1-2H3,(H,23,26). The van der Waals surface area contributed by atoms with E-state index in [0.29, 0.717) is 13.1 Å². The van der Waals surface area contributed by atoms with Gasteiger partial charge in [0.1, 0.15) is 0 Å². The van der Waals surface area contributed by atoms with Crippen LogP contribution in [-0.4, -0.2) is 61.2 Å². The third kappa shape index (κ3) is 4.76. The fraction of sp³-hybridized carbons (Fsp3) is 0.632. The maximum Gasteiger partial charge on any atom is 0.404 e. The van der Waals surface area contributed by atoms with Crippen LogP contribution in [0.4, 0.5) is 13.2 Å². The number of nitrogens with one attached hydrogen (secondary N) is 1. The first kappa shape index (κ1) is 20.7. The van der Waals surface area contributed by atoms with E-state index in [9.17, 15) is 18.0 Å². The first-order valence-corrected chi connectivity index (χ1v) is 9.16. The van der Waals surface area contributed by atoms with Crippen LogP contribution >= 0.6 is 0 Å². The Kier molecular flexibility index (Phi) is 7.06. The molecule has 0 spiro atoms. The van der Waals surface area contributed by atoms with Gasteiger partial charge in [-0.2, -0.15) is 13.2 Å². The molecule has 1 aromatic rings. The number of amides is 1. The molecule has 4 nitrogen and oxygen atoms in total. The molecule has 1 unspecified atom stereocenters. The predicted octanol–water partition coefficient (Wildman–Crippen LogP) is 2.90. The Balaban J connectivity index is 2.01. The van der Waals surface area contributed by atoms with Crippen molar-refractivity contribution in [3.63, 3.8) is 0 Å². The Morgan fingerprint density at radius 1 is 1.23 bits per heavy atom. The molecule has 146 valence electrons. The van der Waals surface area contributed by atoms with Crippen molar-refractivity contribution in [3.8, 4) is 0 Å². The summed E-state index contributed by atoms with van der Waals surface area (Å²) in [5.74, 6) is -0.896. The zero-order chi connectivity index (χ0) is 19.2. The second-order valence-corrected chi connectivity index (χ2v) is 6.81. The molecule has 0 aromatic heterocycles. The Morgan fingerprint density at radius 2 is 1.88 bits per heavy atom. The van der Waals surface area contributed by atoms with Gasteiger partial charge in [-0.1, -0.05) is 44.2 Å². The lowest BCUT2D eigenvalue weighted by Gasteiger charge is -2.31. The molecular weight excluding hydrogens is 343 g/mol. The van der Waals surface area contributed by atoms with Gasteiger partial charge in [0.05, 0.1) is 0 Å². The number of likely N-dealkylation sites (N-methyl/N-ethyl adjacent to an activating group) is 1. The number of likely N-dealkylation sites (tertiary alicyclic amines) is 1. The lowest BCUT2D eigenvalue weighted by molar-refractivity contribution is -0.218. The molecule has 1 N–H and O–H groups in total. The van der Waals surface area contributed by atoms with Crippen LogP contribution in [0.2, 0.25) is 0 Å². The minimum atomic E-state index is -4.56. The highest BCUT2D eigenvalue weighted by Crippen LogP contribution is 2.46. The van der Waals surface area contributed by atoms with Crippen LogP contribution in [0.15, 0.2) is 30.3 Å². The average Bonchev–Trinajstić information content (AvgIpc) is 3.04. The summed E-state index contributed by atoms with van der Waals surface area (Å²) < 4.78 is 41.4. The maximum absolute atomic E-state index is 13.8. The molecule has 0 bridgehead atoms. The molecule has 1 aromatic carbocycles. The minimum absolute atomic E-state index is 0.194. The van der Waals surface area contributed by atoms with Crippen molar-refractivity contribution in [1.82, 2.24) is 15.1 Å². The smallest absolute Gasteiger partial charge is 0.354 e. The van der Waals surface area contributed by atoms with E-state index in [1.165, 1.54) is 0 Å². The molecule has 1 saturated heterocycles. The van der Waals surface area contributed by atoms with Crippen molar-refractivity contribution < 1.29 is 18.0 Å². The second kappa shape index (κ2) is 8.86. The molecule has 0 aliphatic carbocycles. The van der Waals surface area contributed by atoms with Gasteiger partial charge >= 0.3 is 6.18 Å². The van der Waals surface area contributed by atoms with Crippen LogP contribution in [0, 0.1) is 5.41 Å². The van der Waals surface area contributed by atoms with Crippen LogP contribution in [0.1, 0.15) is 25.8 Å². The van der Waals surface area contributed by atoms with E-state index in [4.69, 9.17) is 0 Å². The molecule has 7 heteroatoms. The summed E-state index contributed by atoms with van der Waals surface area (Å²) in [4.78, 5) is 16.3. The monoisotopic (exact) mass is 371 g/mol. The maximum atomic E-state index is 13.8. The molecule has 1 aliphatic heterocycles.